The highest BCUT2D eigenvalue weighted by atomic mass is 19.4. The predicted molar refractivity (Wildman–Crippen MR) is 74.2 cm³/mol. The first-order chi connectivity index (χ1) is 9.36. The maximum Gasteiger partial charge on any atom is 0.416 e. The van der Waals surface area contributed by atoms with Crippen LogP contribution in [0.3, 0.4) is 0 Å². The van der Waals surface area contributed by atoms with E-state index >= 15 is 0 Å². The van der Waals surface area contributed by atoms with E-state index in [1.807, 2.05) is 31.2 Å². The number of hydrogen-bond acceptors (Lipinski definition) is 1. The molecule has 0 saturated heterocycles. The molecule has 0 amide bonds. The zero-order valence-corrected chi connectivity index (χ0v) is 11.1. The van der Waals surface area contributed by atoms with E-state index in [0.717, 1.165) is 35.2 Å². The molecule has 0 heterocycles. The quantitative estimate of drug-likeness (QED) is 0.892. The molecule has 1 nitrogen and oxygen atoms in total. The van der Waals surface area contributed by atoms with Crippen LogP contribution in [0.15, 0.2) is 48.5 Å². The maximum absolute atomic E-state index is 12.5. The minimum absolute atomic E-state index is 0.0897. The lowest BCUT2D eigenvalue weighted by Crippen LogP contribution is -2.17. The van der Waals surface area contributed by atoms with E-state index in [2.05, 4.69) is 0 Å². The summed E-state index contributed by atoms with van der Waals surface area (Å²) < 4.78 is 37.5. The van der Waals surface area contributed by atoms with Gasteiger partial charge in [0.1, 0.15) is 0 Å². The van der Waals surface area contributed by atoms with Crippen molar-refractivity contribution in [2.75, 3.05) is 0 Å². The Balaban J connectivity index is 2.19. The highest BCUT2D eigenvalue weighted by Gasteiger charge is 2.29. The van der Waals surface area contributed by atoms with Crippen molar-refractivity contribution in [3.63, 3.8) is 0 Å². The number of halogens is 3. The molecule has 4 heteroatoms. The van der Waals surface area contributed by atoms with Gasteiger partial charge in [-0.15, -0.1) is 0 Å². The van der Waals surface area contributed by atoms with Crippen LogP contribution in [-0.2, 0) is 12.6 Å². The van der Waals surface area contributed by atoms with Crippen molar-refractivity contribution in [3.8, 4) is 11.1 Å². The Bertz CT molecular complexity index is 554. The van der Waals surface area contributed by atoms with Crippen LogP contribution < -0.4 is 5.73 Å². The molecule has 1 unspecified atom stereocenters. The van der Waals surface area contributed by atoms with Gasteiger partial charge in [-0.3, -0.25) is 0 Å². The third-order valence-corrected chi connectivity index (χ3v) is 3.06. The van der Waals surface area contributed by atoms with Crippen LogP contribution in [-0.4, -0.2) is 6.04 Å². The van der Waals surface area contributed by atoms with Gasteiger partial charge in [0.2, 0.25) is 0 Å². The Morgan fingerprint density at radius 1 is 0.900 bits per heavy atom. The molecule has 1 atom stereocenters. The minimum Gasteiger partial charge on any atom is -0.328 e. The van der Waals surface area contributed by atoms with Gasteiger partial charge in [0.25, 0.3) is 0 Å². The lowest BCUT2D eigenvalue weighted by molar-refractivity contribution is -0.137. The third-order valence-electron chi connectivity index (χ3n) is 3.06. The second kappa shape index (κ2) is 5.67. The van der Waals surface area contributed by atoms with Gasteiger partial charge in [0.15, 0.2) is 0 Å². The van der Waals surface area contributed by atoms with Crippen LogP contribution in [0.25, 0.3) is 11.1 Å². The normalized spacial score (nSPS) is 13.2. The highest BCUT2D eigenvalue weighted by Crippen LogP contribution is 2.31. The Morgan fingerprint density at radius 2 is 1.35 bits per heavy atom. The van der Waals surface area contributed by atoms with Gasteiger partial charge in [-0.2, -0.15) is 13.2 Å². The molecule has 0 bridgehead atoms. The third kappa shape index (κ3) is 3.61. The van der Waals surface area contributed by atoms with Crippen molar-refractivity contribution < 1.29 is 13.2 Å². The fraction of sp³-hybridized carbons (Fsp3) is 0.250. The summed E-state index contributed by atoms with van der Waals surface area (Å²) in [6, 6.07) is 13.0. The molecule has 0 aliphatic carbocycles. The van der Waals surface area contributed by atoms with Crippen LogP contribution >= 0.6 is 0 Å². The Kier molecular flexibility index (Phi) is 4.14. The molecule has 2 aromatic rings. The summed E-state index contributed by atoms with van der Waals surface area (Å²) >= 11 is 0. The molecule has 0 aliphatic heterocycles. The second-order valence-corrected chi connectivity index (χ2v) is 4.95. The van der Waals surface area contributed by atoms with Crippen LogP contribution in [0.2, 0.25) is 0 Å². The largest absolute Gasteiger partial charge is 0.416 e. The monoisotopic (exact) mass is 279 g/mol. The Hall–Kier alpha value is -1.81. The fourth-order valence-corrected chi connectivity index (χ4v) is 2.06. The highest BCUT2D eigenvalue weighted by molar-refractivity contribution is 5.64. The molecule has 0 radical (unpaired) electrons. The summed E-state index contributed by atoms with van der Waals surface area (Å²) in [5, 5.41) is 0. The number of rotatable bonds is 3. The van der Waals surface area contributed by atoms with Crippen LogP contribution in [0, 0.1) is 0 Å². The van der Waals surface area contributed by atoms with Crippen LogP contribution in [0.1, 0.15) is 18.1 Å². The van der Waals surface area contributed by atoms with E-state index in [-0.39, 0.29) is 6.04 Å². The zero-order chi connectivity index (χ0) is 14.8. The van der Waals surface area contributed by atoms with Crippen molar-refractivity contribution in [1.82, 2.24) is 0 Å². The number of nitrogens with two attached hydrogens (primary N) is 1. The van der Waals surface area contributed by atoms with Crippen LogP contribution in [0.4, 0.5) is 13.2 Å². The first kappa shape index (κ1) is 14.6. The smallest absolute Gasteiger partial charge is 0.328 e. The van der Waals surface area contributed by atoms with E-state index in [4.69, 9.17) is 5.73 Å². The summed E-state index contributed by atoms with van der Waals surface area (Å²) in [5.41, 5.74) is 7.88. The van der Waals surface area contributed by atoms with Gasteiger partial charge in [-0.25, -0.2) is 0 Å². The number of alkyl halides is 3. The first-order valence-electron chi connectivity index (χ1n) is 6.38. The predicted octanol–water partition coefficient (Wildman–Crippen LogP) is 4.26. The maximum atomic E-state index is 12.5. The molecule has 0 fully saturated rings. The van der Waals surface area contributed by atoms with E-state index < -0.39 is 11.7 Å². The van der Waals surface area contributed by atoms with Gasteiger partial charge in [0, 0.05) is 6.04 Å². The minimum atomic E-state index is -4.29. The molecule has 106 valence electrons. The Labute approximate surface area is 116 Å². The van der Waals surface area contributed by atoms with Crippen molar-refractivity contribution in [2.45, 2.75) is 25.6 Å². The summed E-state index contributed by atoms with van der Waals surface area (Å²) in [7, 11) is 0. The fourth-order valence-electron chi connectivity index (χ4n) is 2.06. The average molecular weight is 279 g/mol. The molecule has 2 N–H and O–H groups in total. The van der Waals surface area contributed by atoms with Gasteiger partial charge in [-0.05, 0) is 42.2 Å². The molecule has 0 aromatic heterocycles. The van der Waals surface area contributed by atoms with Gasteiger partial charge in [0.05, 0.1) is 5.56 Å². The first-order valence-corrected chi connectivity index (χ1v) is 6.38. The van der Waals surface area contributed by atoms with Gasteiger partial charge in [-0.1, -0.05) is 36.4 Å². The van der Waals surface area contributed by atoms with Crippen molar-refractivity contribution in [2.24, 2.45) is 5.73 Å². The summed E-state index contributed by atoms with van der Waals surface area (Å²) in [6.45, 7) is 1.93. The van der Waals surface area contributed by atoms with E-state index in [0.29, 0.717) is 0 Å². The number of hydrogen-bond donors (Lipinski definition) is 1. The second-order valence-electron chi connectivity index (χ2n) is 4.95. The van der Waals surface area contributed by atoms with Crippen molar-refractivity contribution in [3.05, 3.63) is 59.7 Å². The summed E-state index contributed by atoms with van der Waals surface area (Å²) in [4.78, 5) is 0. The van der Waals surface area contributed by atoms with Gasteiger partial charge < -0.3 is 5.73 Å². The molecule has 0 spiro atoms. The molecule has 2 aromatic carbocycles. The summed E-state index contributed by atoms with van der Waals surface area (Å²) in [5.74, 6) is 0. The lowest BCUT2D eigenvalue weighted by Gasteiger charge is -2.09. The van der Waals surface area contributed by atoms with Crippen molar-refractivity contribution in [1.29, 1.82) is 0 Å². The van der Waals surface area contributed by atoms with E-state index in [1.54, 1.807) is 0 Å². The number of benzene rings is 2. The topological polar surface area (TPSA) is 26.0 Å². The molecule has 20 heavy (non-hydrogen) atoms. The molecular formula is C16H16F3N. The van der Waals surface area contributed by atoms with E-state index in [9.17, 15) is 13.2 Å². The van der Waals surface area contributed by atoms with Gasteiger partial charge >= 0.3 is 6.18 Å². The Morgan fingerprint density at radius 3 is 1.75 bits per heavy atom. The lowest BCUT2D eigenvalue weighted by atomic mass is 10.0. The van der Waals surface area contributed by atoms with E-state index in [1.165, 1.54) is 12.1 Å². The molecule has 0 saturated carbocycles. The van der Waals surface area contributed by atoms with Crippen LogP contribution in [0.5, 0.6) is 0 Å². The standard InChI is InChI=1S/C16H16F3N/c1-11(20)10-12-2-4-13(5-3-12)14-6-8-15(9-7-14)16(17,18)19/h2-9,11H,10,20H2,1H3. The molecule has 2 rings (SSSR count). The molecule has 0 aliphatic rings. The van der Waals surface area contributed by atoms with Crippen molar-refractivity contribution >= 4 is 0 Å². The summed E-state index contributed by atoms with van der Waals surface area (Å²) in [6.07, 6.45) is -3.51. The average Bonchev–Trinajstić information content (AvgIpc) is 2.38. The molecular weight excluding hydrogens is 263 g/mol. The SMILES string of the molecule is CC(N)Cc1ccc(-c2ccc(C(F)(F)F)cc2)cc1. The zero-order valence-electron chi connectivity index (χ0n) is 11.1.